The highest BCUT2D eigenvalue weighted by atomic mass is 32.1. The summed E-state index contributed by atoms with van der Waals surface area (Å²) in [5.41, 5.74) is 0.389. The van der Waals surface area contributed by atoms with Crippen molar-refractivity contribution in [1.82, 2.24) is 15.5 Å². The van der Waals surface area contributed by atoms with Gasteiger partial charge >= 0.3 is 0 Å². The Labute approximate surface area is 114 Å². The number of ether oxygens (including phenoxy) is 1. The van der Waals surface area contributed by atoms with Crippen molar-refractivity contribution in [3.8, 4) is 5.19 Å². The van der Waals surface area contributed by atoms with Gasteiger partial charge in [-0.3, -0.25) is 0 Å². The highest BCUT2D eigenvalue weighted by Crippen LogP contribution is 2.22. The minimum absolute atomic E-state index is 0.0962. The molecule has 1 heterocycles. The Kier molecular flexibility index (Phi) is 5.10. The van der Waals surface area contributed by atoms with E-state index in [0.29, 0.717) is 17.2 Å². The number of aromatic nitrogens is 2. The van der Waals surface area contributed by atoms with Crippen molar-refractivity contribution in [1.29, 1.82) is 0 Å². The molecule has 5 heteroatoms. The molecule has 0 aliphatic heterocycles. The normalized spacial score (nSPS) is 12.8. The number of hydrogen-bond donors (Lipinski definition) is 1. The molecular formula is C13H25N3OS. The molecule has 0 aromatic carbocycles. The Morgan fingerprint density at radius 1 is 1.11 bits per heavy atom. The van der Waals surface area contributed by atoms with E-state index in [1.165, 1.54) is 11.3 Å². The first kappa shape index (κ1) is 15.4. The van der Waals surface area contributed by atoms with E-state index in [0.717, 1.165) is 18.0 Å². The second-order valence-corrected chi connectivity index (χ2v) is 7.75. The second kappa shape index (κ2) is 5.97. The van der Waals surface area contributed by atoms with Crippen molar-refractivity contribution >= 4 is 11.3 Å². The Hall–Kier alpha value is -0.680. The minimum Gasteiger partial charge on any atom is -0.469 e. The molecule has 0 saturated heterocycles. The van der Waals surface area contributed by atoms with Gasteiger partial charge in [0.15, 0.2) is 0 Å². The molecule has 0 radical (unpaired) electrons. The Morgan fingerprint density at radius 2 is 1.78 bits per heavy atom. The quantitative estimate of drug-likeness (QED) is 0.893. The Morgan fingerprint density at radius 3 is 2.33 bits per heavy atom. The monoisotopic (exact) mass is 271 g/mol. The fourth-order valence-corrected chi connectivity index (χ4v) is 1.80. The van der Waals surface area contributed by atoms with Gasteiger partial charge in [-0.25, -0.2) is 0 Å². The van der Waals surface area contributed by atoms with Crippen molar-refractivity contribution in [2.75, 3.05) is 6.61 Å². The van der Waals surface area contributed by atoms with E-state index in [1.807, 2.05) is 0 Å². The zero-order valence-electron chi connectivity index (χ0n) is 12.3. The lowest BCUT2D eigenvalue weighted by atomic mass is 9.93. The summed E-state index contributed by atoms with van der Waals surface area (Å²) in [7, 11) is 0. The average Bonchev–Trinajstić information content (AvgIpc) is 2.60. The van der Waals surface area contributed by atoms with E-state index >= 15 is 0 Å². The SMILES string of the molecule is CC(C)(C)CCOc1nnc(CNC(C)(C)C)s1. The maximum atomic E-state index is 5.61. The molecule has 1 aromatic heterocycles. The molecule has 18 heavy (non-hydrogen) atoms. The molecular weight excluding hydrogens is 246 g/mol. The number of nitrogens with zero attached hydrogens (tertiary/aromatic N) is 2. The molecule has 0 atom stereocenters. The van der Waals surface area contributed by atoms with Crippen LogP contribution in [0.4, 0.5) is 0 Å². The largest absolute Gasteiger partial charge is 0.469 e. The predicted octanol–water partition coefficient (Wildman–Crippen LogP) is 3.24. The van der Waals surface area contributed by atoms with Gasteiger partial charge in [0.05, 0.1) is 13.2 Å². The highest BCUT2D eigenvalue weighted by Gasteiger charge is 2.13. The summed E-state index contributed by atoms with van der Waals surface area (Å²) in [6.45, 7) is 14.5. The van der Waals surface area contributed by atoms with Crippen molar-refractivity contribution < 1.29 is 4.74 Å². The molecule has 0 saturated carbocycles. The maximum Gasteiger partial charge on any atom is 0.294 e. The second-order valence-electron chi connectivity index (χ2n) is 6.72. The Balaban J connectivity index is 2.35. The molecule has 1 N–H and O–H groups in total. The van der Waals surface area contributed by atoms with Gasteiger partial charge < -0.3 is 10.1 Å². The summed E-state index contributed by atoms with van der Waals surface area (Å²) in [5.74, 6) is 0. The summed E-state index contributed by atoms with van der Waals surface area (Å²) in [6, 6.07) is 0. The summed E-state index contributed by atoms with van der Waals surface area (Å²) in [5, 5.41) is 13.2. The van der Waals surface area contributed by atoms with Crippen LogP contribution in [0.15, 0.2) is 0 Å². The summed E-state index contributed by atoms with van der Waals surface area (Å²) in [4.78, 5) is 0. The van der Waals surface area contributed by atoms with E-state index in [4.69, 9.17) is 4.74 Å². The van der Waals surface area contributed by atoms with E-state index in [9.17, 15) is 0 Å². The van der Waals surface area contributed by atoms with Gasteiger partial charge in [0.1, 0.15) is 5.01 Å². The van der Waals surface area contributed by atoms with E-state index in [2.05, 4.69) is 57.1 Å². The predicted molar refractivity (Wildman–Crippen MR) is 76.1 cm³/mol. The van der Waals surface area contributed by atoms with Crippen LogP contribution >= 0.6 is 11.3 Å². The molecule has 1 rings (SSSR count). The van der Waals surface area contributed by atoms with Gasteiger partial charge in [0.25, 0.3) is 5.19 Å². The molecule has 0 bridgehead atoms. The van der Waals surface area contributed by atoms with Gasteiger partial charge in [-0.15, -0.1) is 10.2 Å². The lowest BCUT2D eigenvalue weighted by molar-refractivity contribution is 0.241. The lowest BCUT2D eigenvalue weighted by Crippen LogP contribution is -2.35. The van der Waals surface area contributed by atoms with Gasteiger partial charge in [-0.1, -0.05) is 32.1 Å². The summed E-state index contributed by atoms with van der Waals surface area (Å²) in [6.07, 6.45) is 1.02. The number of rotatable bonds is 5. The smallest absolute Gasteiger partial charge is 0.294 e. The van der Waals surface area contributed by atoms with Gasteiger partial charge in [0.2, 0.25) is 0 Å². The third-order valence-electron chi connectivity index (χ3n) is 2.30. The first-order valence-corrected chi connectivity index (χ1v) is 7.18. The molecule has 0 unspecified atom stereocenters. The van der Waals surface area contributed by atoms with Crippen LogP contribution < -0.4 is 10.1 Å². The molecule has 104 valence electrons. The molecule has 4 nitrogen and oxygen atoms in total. The van der Waals surface area contributed by atoms with E-state index < -0.39 is 0 Å². The number of hydrogen-bond acceptors (Lipinski definition) is 5. The third-order valence-corrected chi connectivity index (χ3v) is 3.13. The topological polar surface area (TPSA) is 47.0 Å². The van der Waals surface area contributed by atoms with Crippen LogP contribution in [-0.2, 0) is 6.54 Å². The van der Waals surface area contributed by atoms with Gasteiger partial charge in [-0.05, 0) is 32.6 Å². The van der Waals surface area contributed by atoms with E-state index in [1.54, 1.807) is 0 Å². The molecule has 0 aliphatic rings. The molecule has 1 aromatic rings. The van der Waals surface area contributed by atoms with Crippen molar-refractivity contribution in [3.05, 3.63) is 5.01 Å². The van der Waals surface area contributed by atoms with Crippen LogP contribution in [0.2, 0.25) is 0 Å². The lowest BCUT2D eigenvalue weighted by Gasteiger charge is -2.19. The van der Waals surface area contributed by atoms with Crippen LogP contribution in [0.3, 0.4) is 0 Å². The standard InChI is InChI=1S/C13H25N3OS/c1-12(2,3)7-8-17-11-16-15-10(18-11)9-14-13(4,5)6/h14H,7-9H2,1-6H3. The van der Waals surface area contributed by atoms with Crippen LogP contribution in [0.5, 0.6) is 5.19 Å². The van der Waals surface area contributed by atoms with Gasteiger partial charge in [-0.2, -0.15) is 0 Å². The van der Waals surface area contributed by atoms with Crippen molar-refractivity contribution in [2.24, 2.45) is 5.41 Å². The molecule has 0 aliphatic carbocycles. The summed E-state index contributed by atoms with van der Waals surface area (Å²) < 4.78 is 5.61. The molecule has 0 fully saturated rings. The first-order chi connectivity index (χ1) is 8.16. The van der Waals surface area contributed by atoms with E-state index in [-0.39, 0.29) is 5.54 Å². The highest BCUT2D eigenvalue weighted by molar-refractivity contribution is 7.13. The fourth-order valence-electron chi connectivity index (χ4n) is 1.15. The zero-order chi connectivity index (χ0) is 13.8. The van der Waals surface area contributed by atoms with Crippen LogP contribution in [0.1, 0.15) is 53.0 Å². The van der Waals surface area contributed by atoms with Crippen LogP contribution in [-0.4, -0.2) is 22.3 Å². The van der Waals surface area contributed by atoms with Crippen LogP contribution in [0, 0.1) is 5.41 Å². The summed E-state index contributed by atoms with van der Waals surface area (Å²) >= 11 is 1.52. The van der Waals surface area contributed by atoms with Crippen molar-refractivity contribution in [2.45, 2.75) is 60.0 Å². The fraction of sp³-hybridized carbons (Fsp3) is 0.846. The third kappa shape index (κ3) is 6.91. The molecule has 0 amide bonds. The molecule has 0 spiro atoms. The van der Waals surface area contributed by atoms with Crippen LogP contribution in [0.25, 0.3) is 0 Å². The Bertz CT molecular complexity index is 363. The minimum atomic E-state index is 0.0962. The maximum absolute atomic E-state index is 5.61. The van der Waals surface area contributed by atoms with Gasteiger partial charge in [0, 0.05) is 5.54 Å². The van der Waals surface area contributed by atoms with Crippen molar-refractivity contribution in [3.63, 3.8) is 0 Å². The zero-order valence-corrected chi connectivity index (χ0v) is 13.1. The average molecular weight is 271 g/mol. The number of nitrogens with one attached hydrogen (secondary N) is 1. The first-order valence-electron chi connectivity index (χ1n) is 6.36.